The largest absolute Gasteiger partial charge is 0.500 e. The summed E-state index contributed by atoms with van der Waals surface area (Å²) in [6.07, 6.45) is 3.11. The van der Waals surface area contributed by atoms with Gasteiger partial charge in [-0.2, -0.15) is 0 Å². The van der Waals surface area contributed by atoms with E-state index < -0.39 is 14.9 Å². The summed E-state index contributed by atoms with van der Waals surface area (Å²) in [6, 6.07) is 0.832. The van der Waals surface area contributed by atoms with Gasteiger partial charge in [-0.3, -0.25) is 0 Å². The van der Waals surface area contributed by atoms with E-state index in [0.29, 0.717) is 32.9 Å². The third kappa shape index (κ3) is 8.72. The maximum absolute atomic E-state index is 10.9. The first-order valence-corrected chi connectivity index (χ1v) is 10.4. The second kappa shape index (κ2) is 12.9. The second-order valence-corrected chi connectivity index (χ2v) is 7.74. The highest BCUT2D eigenvalue weighted by molar-refractivity contribution is 6.60. The number of unbranched alkanes of at least 4 members (excludes halogenated alkanes) is 3. The molecule has 1 amide bonds. The van der Waals surface area contributed by atoms with E-state index in [0.717, 1.165) is 31.7 Å². The maximum Gasteiger partial charge on any atom is 0.500 e. The number of carbonyl (C=O) groups is 1. The third-order valence-electron chi connectivity index (χ3n) is 3.41. The van der Waals surface area contributed by atoms with Crippen molar-refractivity contribution in [2.45, 2.75) is 59.4 Å². The molecule has 0 rings (SSSR count). The Labute approximate surface area is 136 Å². The van der Waals surface area contributed by atoms with Crippen LogP contribution < -0.4 is 0 Å². The quantitative estimate of drug-likeness (QED) is 0.388. The van der Waals surface area contributed by atoms with E-state index in [2.05, 4.69) is 0 Å². The summed E-state index contributed by atoms with van der Waals surface area (Å²) in [5, 5.41) is 8.94. The van der Waals surface area contributed by atoms with Crippen LogP contribution in [0.5, 0.6) is 0 Å². The molecule has 0 saturated heterocycles. The van der Waals surface area contributed by atoms with Gasteiger partial charge in [-0.15, -0.1) is 0 Å². The lowest BCUT2D eigenvalue weighted by Crippen LogP contribution is -2.45. The number of rotatable bonds is 14. The Morgan fingerprint density at radius 3 is 1.82 bits per heavy atom. The molecule has 132 valence electrons. The fourth-order valence-electron chi connectivity index (χ4n) is 2.39. The number of amides is 1. The van der Waals surface area contributed by atoms with Crippen LogP contribution in [-0.4, -0.2) is 57.8 Å². The number of nitrogens with zero attached hydrogens (tertiary/aromatic N) is 1. The van der Waals surface area contributed by atoms with E-state index in [1.807, 2.05) is 27.7 Å². The molecule has 0 aromatic carbocycles. The molecular weight excluding hydrogens is 302 g/mol. The van der Waals surface area contributed by atoms with Crippen LogP contribution in [0.3, 0.4) is 0 Å². The molecule has 0 fully saturated rings. The Bertz CT molecular complexity index is 274. The lowest BCUT2D eigenvalue weighted by molar-refractivity contribution is 0.0706. The summed E-state index contributed by atoms with van der Waals surface area (Å²) in [5.74, 6) is 0. The Morgan fingerprint density at radius 2 is 1.41 bits per heavy atom. The molecule has 6 nitrogen and oxygen atoms in total. The minimum atomic E-state index is -2.51. The smallest absolute Gasteiger partial charge is 0.465 e. The minimum absolute atomic E-state index is 0.546. The van der Waals surface area contributed by atoms with Gasteiger partial charge in [0.1, 0.15) is 0 Å². The van der Waals surface area contributed by atoms with Crippen molar-refractivity contribution in [1.82, 2.24) is 4.90 Å². The monoisotopic (exact) mass is 335 g/mol. The fraction of sp³-hybridized carbons (Fsp3) is 0.933. The fourth-order valence-corrected chi connectivity index (χ4v) is 5.07. The Morgan fingerprint density at radius 1 is 0.909 bits per heavy atom. The molecule has 0 bridgehead atoms. The molecule has 0 heterocycles. The van der Waals surface area contributed by atoms with E-state index in [-0.39, 0.29) is 0 Å². The van der Waals surface area contributed by atoms with Crippen molar-refractivity contribution in [2.24, 2.45) is 0 Å². The number of carboxylic acid groups (broad SMARTS) is 1. The van der Waals surface area contributed by atoms with E-state index in [9.17, 15) is 4.79 Å². The molecule has 1 N–H and O–H groups in total. The van der Waals surface area contributed by atoms with Gasteiger partial charge in [0.25, 0.3) is 0 Å². The van der Waals surface area contributed by atoms with Crippen LogP contribution in [0.1, 0.15) is 53.4 Å². The summed E-state index contributed by atoms with van der Waals surface area (Å²) in [5.41, 5.74) is 0. The highest BCUT2D eigenvalue weighted by atomic mass is 28.4. The SMILES string of the molecule is CCO[Si](CCCCCCN(CC)C(=O)O)(OCC)OCC. The maximum atomic E-state index is 10.9. The van der Waals surface area contributed by atoms with Crippen LogP contribution in [0.4, 0.5) is 4.79 Å². The molecule has 0 atom stereocenters. The van der Waals surface area contributed by atoms with Gasteiger partial charge in [0.05, 0.1) is 0 Å². The van der Waals surface area contributed by atoms with Gasteiger partial charge in [0, 0.05) is 39.0 Å². The first-order chi connectivity index (χ1) is 10.5. The average molecular weight is 336 g/mol. The van der Waals surface area contributed by atoms with Crippen molar-refractivity contribution in [3.63, 3.8) is 0 Å². The molecule has 0 aromatic heterocycles. The molecule has 0 aromatic rings. The van der Waals surface area contributed by atoms with Crippen LogP contribution >= 0.6 is 0 Å². The van der Waals surface area contributed by atoms with Crippen molar-refractivity contribution in [3.05, 3.63) is 0 Å². The lowest BCUT2D eigenvalue weighted by Gasteiger charge is -2.28. The zero-order valence-corrected chi connectivity index (χ0v) is 15.6. The Hall–Kier alpha value is -0.633. The van der Waals surface area contributed by atoms with Gasteiger partial charge in [-0.05, 0) is 40.5 Å². The van der Waals surface area contributed by atoms with Crippen LogP contribution in [0.15, 0.2) is 0 Å². The van der Waals surface area contributed by atoms with Crippen LogP contribution in [0, 0.1) is 0 Å². The minimum Gasteiger partial charge on any atom is -0.465 e. The van der Waals surface area contributed by atoms with Crippen molar-refractivity contribution in [1.29, 1.82) is 0 Å². The molecular formula is C15H33NO5Si. The van der Waals surface area contributed by atoms with Gasteiger partial charge in [0.15, 0.2) is 0 Å². The molecule has 0 aliphatic carbocycles. The van der Waals surface area contributed by atoms with Gasteiger partial charge < -0.3 is 23.3 Å². The standard InChI is InChI=1S/C15H33NO5Si/c1-5-16(15(17)18)13-11-9-10-12-14-22(19-6-2,20-7-3)21-8-4/h5-14H2,1-4H3,(H,17,18). The predicted molar refractivity (Wildman–Crippen MR) is 89.2 cm³/mol. The predicted octanol–water partition coefficient (Wildman–Crippen LogP) is 3.60. The molecule has 7 heteroatoms. The molecule has 0 radical (unpaired) electrons. The molecule has 0 unspecified atom stereocenters. The Balaban J connectivity index is 4.04. The van der Waals surface area contributed by atoms with Crippen LogP contribution in [-0.2, 0) is 13.3 Å². The molecule has 0 aliphatic rings. The van der Waals surface area contributed by atoms with E-state index >= 15 is 0 Å². The summed E-state index contributed by atoms with van der Waals surface area (Å²) in [6.45, 7) is 10.7. The van der Waals surface area contributed by atoms with Crippen molar-refractivity contribution in [2.75, 3.05) is 32.9 Å². The summed E-state index contributed by atoms with van der Waals surface area (Å²) in [4.78, 5) is 12.3. The molecule has 0 spiro atoms. The topological polar surface area (TPSA) is 68.2 Å². The number of hydrogen-bond donors (Lipinski definition) is 1. The van der Waals surface area contributed by atoms with E-state index in [1.54, 1.807) is 0 Å². The Kier molecular flexibility index (Phi) is 12.5. The molecule has 0 aliphatic heterocycles. The van der Waals surface area contributed by atoms with Gasteiger partial charge in [0.2, 0.25) is 0 Å². The van der Waals surface area contributed by atoms with Crippen molar-refractivity contribution < 1.29 is 23.2 Å². The molecule has 0 saturated carbocycles. The van der Waals surface area contributed by atoms with Gasteiger partial charge in [-0.1, -0.05) is 12.8 Å². The zero-order chi connectivity index (χ0) is 16.8. The summed E-state index contributed by atoms with van der Waals surface area (Å²) < 4.78 is 17.4. The average Bonchev–Trinajstić information content (AvgIpc) is 2.47. The summed E-state index contributed by atoms with van der Waals surface area (Å²) >= 11 is 0. The van der Waals surface area contributed by atoms with Crippen molar-refractivity contribution >= 4 is 14.9 Å². The third-order valence-corrected chi connectivity index (χ3v) is 6.56. The van der Waals surface area contributed by atoms with E-state index in [4.69, 9.17) is 18.4 Å². The zero-order valence-electron chi connectivity index (χ0n) is 14.6. The normalized spacial score (nSPS) is 11.6. The highest BCUT2D eigenvalue weighted by Gasteiger charge is 2.39. The highest BCUT2D eigenvalue weighted by Crippen LogP contribution is 2.20. The molecule has 22 heavy (non-hydrogen) atoms. The van der Waals surface area contributed by atoms with Crippen LogP contribution in [0.2, 0.25) is 6.04 Å². The van der Waals surface area contributed by atoms with Gasteiger partial charge >= 0.3 is 14.9 Å². The lowest BCUT2D eigenvalue weighted by atomic mass is 10.2. The summed E-state index contributed by atoms with van der Waals surface area (Å²) in [7, 11) is -2.51. The van der Waals surface area contributed by atoms with Gasteiger partial charge in [-0.25, -0.2) is 4.79 Å². The number of hydrogen-bond acceptors (Lipinski definition) is 4. The van der Waals surface area contributed by atoms with E-state index in [1.165, 1.54) is 4.90 Å². The van der Waals surface area contributed by atoms with Crippen molar-refractivity contribution in [3.8, 4) is 0 Å². The van der Waals surface area contributed by atoms with Crippen LogP contribution in [0.25, 0.3) is 0 Å². The first kappa shape index (κ1) is 21.4. The second-order valence-electron chi connectivity index (χ2n) is 5.01. The first-order valence-electron chi connectivity index (χ1n) is 8.44.